The Morgan fingerprint density at radius 1 is 1.45 bits per heavy atom. The van der Waals surface area contributed by atoms with Gasteiger partial charge in [0, 0.05) is 18.9 Å². The predicted octanol–water partition coefficient (Wildman–Crippen LogP) is 1.75. The van der Waals surface area contributed by atoms with E-state index in [1.165, 1.54) is 6.26 Å². The molecule has 1 aliphatic rings. The van der Waals surface area contributed by atoms with Crippen molar-refractivity contribution >= 4 is 5.91 Å². The molecule has 3 rings (SSSR count). The van der Waals surface area contributed by atoms with Gasteiger partial charge in [-0.25, -0.2) is 4.98 Å². The first-order valence-electron chi connectivity index (χ1n) is 6.58. The van der Waals surface area contributed by atoms with Gasteiger partial charge in [0.1, 0.15) is 6.10 Å². The maximum absolute atomic E-state index is 12.2. The van der Waals surface area contributed by atoms with Crippen molar-refractivity contribution in [2.24, 2.45) is 0 Å². The molecular weight excluding hydrogens is 258 g/mol. The summed E-state index contributed by atoms with van der Waals surface area (Å²) >= 11 is 0. The van der Waals surface area contributed by atoms with E-state index in [2.05, 4.69) is 9.97 Å². The highest BCUT2D eigenvalue weighted by Gasteiger charge is 2.27. The number of rotatable bonds is 3. The van der Waals surface area contributed by atoms with Crippen LogP contribution in [0, 0.1) is 0 Å². The Morgan fingerprint density at radius 3 is 3.15 bits per heavy atom. The van der Waals surface area contributed by atoms with Gasteiger partial charge in [0.2, 0.25) is 5.88 Å². The highest BCUT2D eigenvalue weighted by atomic mass is 16.5. The van der Waals surface area contributed by atoms with Gasteiger partial charge in [-0.3, -0.25) is 9.78 Å². The largest absolute Gasteiger partial charge is 0.471 e. The SMILES string of the molecule is O=C(c1ccco1)N1CCCC(Oc2cnccn2)C1. The molecule has 0 radical (unpaired) electrons. The number of nitrogens with zero attached hydrogens (tertiary/aromatic N) is 3. The Hall–Kier alpha value is -2.37. The van der Waals surface area contributed by atoms with Crippen molar-refractivity contribution in [2.45, 2.75) is 18.9 Å². The summed E-state index contributed by atoms with van der Waals surface area (Å²) in [7, 11) is 0. The van der Waals surface area contributed by atoms with Gasteiger partial charge < -0.3 is 14.1 Å². The van der Waals surface area contributed by atoms with Crippen LogP contribution in [0.15, 0.2) is 41.4 Å². The molecule has 1 unspecified atom stereocenters. The first-order valence-corrected chi connectivity index (χ1v) is 6.58. The topological polar surface area (TPSA) is 68.5 Å². The minimum absolute atomic E-state index is 0.0561. The molecular formula is C14H15N3O3. The average Bonchev–Trinajstić information content (AvgIpc) is 3.02. The highest BCUT2D eigenvalue weighted by molar-refractivity contribution is 5.91. The number of amides is 1. The zero-order chi connectivity index (χ0) is 13.8. The van der Waals surface area contributed by atoms with Crippen molar-refractivity contribution in [3.8, 4) is 5.88 Å². The summed E-state index contributed by atoms with van der Waals surface area (Å²) in [6.45, 7) is 1.26. The zero-order valence-electron chi connectivity index (χ0n) is 10.9. The molecule has 3 heterocycles. The number of ether oxygens (including phenoxy) is 1. The molecule has 6 heteroatoms. The van der Waals surface area contributed by atoms with E-state index in [4.69, 9.17) is 9.15 Å². The number of hydrogen-bond donors (Lipinski definition) is 0. The Bertz CT molecular complexity index is 556. The van der Waals surface area contributed by atoms with E-state index in [1.807, 2.05) is 0 Å². The van der Waals surface area contributed by atoms with Crippen LogP contribution >= 0.6 is 0 Å². The van der Waals surface area contributed by atoms with Gasteiger partial charge in [-0.05, 0) is 25.0 Å². The van der Waals surface area contributed by atoms with Crippen molar-refractivity contribution in [1.82, 2.24) is 14.9 Å². The van der Waals surface area contributed by atoms with E-state index >= 15 is 0 Å². The van der Waals surface area contributed by atoms with E-state index in [0.29, 0.717) is 18.2 Å². The molecule has 1 amide bonds. The lowest BCUT2D eigenvalue weighted by Crippen LogP contribution is -2.44. The third-order valence-electron chi connectivity index (χ3n) is 3.22. The molecule has 1 aliphatic heterocycles. The van der Waals surface area contributed by atoms with Crippen LogP contribution in [-0.2, 0) is 0 Å². The summed E-state index contributed by atoms with van der Waals surface area (Å²) in [5.41, 5.74) is 0. The van der Waals surface area contributed by atoms with E-state index in [-0.39, 0.29) is 12.0 Å². The summed E-state index contributed by atoms with van der Waals surface area (Å²) in [4.78, 5) is 22.0. The lowest BCUT2D eigenvalue weighted by molar-refractivity contribution is 0.0499. The van der Waals surface area contributed by atoms with E-state index in [1.54, 1.807) is 35.6 Å². The zero-order valence-corrected chi connectivity index (χ0v) is 10.9. The first-order chi connectivity index (χ1) is 9.83. The molecule has 1 atom stereocenters. The Kier molecular flexibility index (Phi) is 3.62. The molecule has 0 N–H and O–H groups in total. The maximum atomic E-state index is 12.2. The summed E-state index contributed by atoms with van der Waals surface area (Å²) in [5, 5.41) is 0. The summed E-state index contributed by atoms with van der Waals surface area (Å²) in [6.07, 6.45) is 8.01. The standard InChI is InChI=1S/C14H15N3O3/c18-14(12-4-2-8-19-12)17-7-1-3-11(10-17)20-13-9-15-5-6-16-13/h2,4-6,8-9,11H,1,3,7,10H2. The van der Waals surface area contributed by atoms with Crippen molar-refractivity contribution in [3.63, 3.8) is 0 Å². The average molecular weight is 273 g/mol. The lowest BCUT2D eigenvalue weighted by Gasteiger charge is -2.31. The van der Waals surface area contributed by atoms with Gasteiger partial charge in [0.05, 0.1) is 19.0 Å². The van der Waals surface area contributed by atoms with E-state index in [9.17, 15) is 4.79 Å². The van der Waals surface area contributed by atoms with Gasteiger partial charge in [-0.2, -0.15) is 0 Å². The predicted molar refractivity (Wildman–Crippen MR) is 70.3 cm³/mol. The highest BCUT2D eigenvalue weighted by Crippen LogP contribution is 2.18. The molecule has 0 aromatic carbocycles. The first kappa shape index (κ1) is 12.7. The smallest absolute Gasteiger partial charge is 0.289 e. The second-order valence-electron chi connectivity index (χ2n) is 4.65. The minimum atomic E-state index is -0.0950. The minimum Gasteiger partial charge on any atom is -0.471 e. The number of hydrogen-bond acceptors (Lipinski definition) is 5. The monoisotopic (exact) mass is 273 g/mol. The summed E-state index contributed by atoms with van der Waals surface area (Å²) < 4.78 is 10.9. The number of carbonyl (C=O) groups excluding carboxylic acids is 1. The van der Waals surface area contributed by atoms with Crippen LogP contribution in [0.1, 0.15) is 23.4 Å². The molecule has 0 bridgehead atoms. The van der Waals surface area contributed by atoms with E-state index in [0.717, 1.165) is 19.4 Å². The van der Waals surface area contributed by atoms with Crippen molar-refractivity contribution in [3.05, 3.63) is 42.7 Å². The van der Waals surface area contributed by atoms with Crippen molar-refractivity contribution < 1.29 is 13.9 Å². The van der Waals surface area contributed by atoms with Gasteiger partial charge in [0.25, 0.3) is 5.91 Å². The third-order valence-corrected chi connectivity index (χ3v) is 3.22. The van der Waals surface area contributed by atoms with Crippen LogP contribution in [0.3, 0.4) is 0 Å². The molecule has 0 aliphatic carbocycles. The number of piperidine rings is 1. The fourth-order valence-corrected chi connectivity index (χ4v) is 2.29. The third kappa shape index (κ3) is 2.79. The Balaban J connectivity index is 1.63. The molecule has 6 nitrogen and oxygen atoms in total. The molecule has 20 heavy (non-hydrogen) atoms. The molecule has 1 saturated heterocycles. The summed E-state index contributed by atoms with van der Waals surface area (Å²) in [6, 6.07) is 3.39. The van der Waals surface area contributed by atoms with Crippen LogP contribution < -0.4 is 4.74 Å². The van der Waals surface area contributed by atoms with Gasteiger partial charge >= 0.3 is 0 Å². The fourth-order valence-electron chi connectivity index (χ4n) is 2.29. The van der Waals surface area contributed by atoms with Crippen LogP contribution in [0.4, 0.5) is 0 Å². The number of likely N-dealkylation sites (tertiary alicyclic amines) is 1. The van der Waals surface area contributed by atoms with Crippen LogP contribution in [0.25, 0.3) is 0 Å². The van der Waals surface area contributed by atoms with Crippen LogP contribution in [-0.4, -0.2) is 40.0 Å². The van der Waals surface area contributed by atoms with Crippen molar-refractivity contribution in [2.75, 3.05) is 13.1 Å². The lowest BCUT2D eigenvalue weighted by atomic mass is 10.1. The number of carbonyl (C=O) groups is 1. The van der Waals surface area contributed by atoms with Crippen LogP contribution in [0.5, 0.6) is 5.88 Å². The van der Waals surface area contributed by atoms with E-state index < -0.39 is 0 Å². The second-order valence-corrected chi connectivity index (χ2v) is 4.65. The Labute approximate surface area is 116 Å². The quantitative estimate of drug-likeness (QED) is 0.852. The molecule has 0 saturated carbocycles. The molecule has 2 aromatic rings. The normalized spacial score (nSPS) is 18.8. The molecule has 2 aromatic heterocycles. The molecule has 0 spiro atoms. The molecule has 1 fully saturated rings. The van der Waals surface area contributed by atoms with Gasteiger partial charge in [-0.15, -0.1) is 0 Å². The van der Waals surface area contributed by atoms with Gasteiger partial charge in [-0.1, -0.05) is 0 Å². The Morgan fingerprint density at radius 2 is 2.40 bits per heavy atom. The fraction of sp³-hybridized carbons (Fsp3) is 0.357. The van der Waals surface area contributed by atoms with Gasteiger partial charge in [0.15, 0.2) is 5.76 Å². The molecule has 104 valence electrons. The van der Waals surface area contributed by atoms with Crippen LogP contribution in [0.2, 0.25) is 0 Å². The maximum Gasteiger partial charge on any atom is 0.289 e. The number of aromatic nitrogens is 2. The second kappa shape index (κ2) is 5.73. The van der Waals surface area contributed by atoms with Crippen molar-refractivity contribution in [1.29, 1.82) is 0 Å². The summed E-state index contributed by atoms with van der Waals surface area (Å²) in [5.74, 6) is 0.761. The number of furan rings is 1.